The number of anilines is 1. The molecular formula is C24H26ClN5O. The quantitative estimate of drug-likeness (QED) is 0.623. The molecule has 1 amide bonds. The minimum Gasteiger partial charge on any atom is -0.368 e. The van der Waals surface area contributed by atoms with Crippen LogP contribution in [0.2, 0.25) is 5.15 Å². The van der Waals surface area contributed by atoms with Gasteiger partial charge in [-0.3, -0.25) is 4.79 Å². The smallest absolute Gasteiger partial charge is 0.270 e. The van der Waals surface area contributed by atoms with E-state index >= 15 is 0 Å². The van der Waals surface area contributed by atoms with E-state index in [0.29, 0.717) is 22.8 Å². The van der Waals surface area contributed by atoms with Gasteiger partial charge in [0.2, 0.25) is 5.95 Å². The Hall–Kier alpha value is -2.86. The second-order valence-electron chi connectivity index (χ2n) is 9.47. The summed E-state index contributed by atoms with van der Waals surface area (Å²) in [5, 5.41) is 0.321. The summed E-state index contributed by atoms with van der Waals surface area (Å²) in [7, 11) is 0. The highest BCUT2D eigenvalue weighted by Crippen LogP contribution is 2.39. The molecule has 6 nitrogen and oxygen atoms in total. The number of nitrogen functional groups attached to an aromatic ring is 1. The molecule has 0 saturated heterocycles. The molecule has 3 aromatic rings. The molecule has 2 aromatic heterocycles. The third-order valence-corrected chi connectivity index (χ3v) is 6.62. The second kappa shape index (κ2) is 7.09. The van der Waals surface area contributed by atoms with Crippen molar-refractivity contribution < 1.29 is 4.79 Å². The Bertz CT molecular complexity index is 1190. The van der Waals surface area contributed by atoms with E-state index in [2.05, 4.69) is 53.5 Å². The number of aromatic nitrogens is 3. The van der Waals surface area contributed by atoms with Gasteiger partial charge in [0.25, 0.3) is 5.91 Å². The summed E-state index contributed by atoms with van der Waals surface area (Å²) in [5.41, 5.74) is 13.4. The topological polar surface area (TPSA) is 77.0 Å². The molecule has 0 atom stereocenters. The van der Waals surface area contributed by atoms with Gasteiger partial charge >= 0.3 is 0 Å². The summed E-state index contributed by atoms with van der Waals surface area (Å²) >= 11 is 6.02. The molecule has 0 spiro atoms. The van der Waals surface area contributed by atoms with Crippen LogP contribution in [0.15, 0.2) is 30.3 Å². The molecule has 0 unspecified atom stereocenters. The first kappa shape index (κ1) is 20.1. The molecule has 31 heavy (non-hydrogen) atoms. The highest BCUT2D eigenvalue weighted by Gasteiger charge is 2.36. The molecule has 2 aliphatic rings. The number of aryl methyl sites for hydroxylation is 1. The van der Waals surface area contributed by atoms with Crippen LogP contribution in [-0.2, 0) is 25.9 Å². The van der Waals surface area contributed by atoms with E-state index in [1.165, 1.54) is 11.3 Å². The molecule has 1 aliphatic heterocycles. The monoisotopic (exact) mass is 435 g/mol. The average Bonchev–Trinajstić information content (AvgIpc) is 3.17. The highest BCUT2D eigenvalue weighted by molar-refractivity contribution is 6.29. The van der Waals surface area contributed by atoms with Gasteiger partial charge in [0.15, 0.2) is 0 Å². The van der Waals surface area contributed by atoms with E-state index in [0.717, 1.165) is 48.3 Å². The number of nitrogens with zero attached hydrogens (tertiary/aromatic N) is 4. The van der Waals surface area contributed by atoms with Crippen molar-refractivity contribution in [2.75, 3.05) is 12.3 Å². The van der Waals surface area contributed by atoms with Crippen LogP contribution < -0.4 is 5.73 Å². The fourth-order valence-corrected chi connectivity index (χ4v) is 5.12. The maximum Gasteiger partial charge on any atom is 0.270 e. The van der Waals surface area contributed by atoms with E-state index in [1.807, 2.05) is 11.0 Å². The van der Waals surface area contributed by atoms with Crippen LogP contribution in [0.3, 0.4) is 0 Å². The average molecular weight is 436 g/mol. The number of halogens is 1. The van der Waals surface area contributed by atoms with Crippen LogP contribution in [0.5, 0.6) is 0 Å². The Morgan fingerprint density at radius 1 is 1.13 bits per heavy atom. The van der Waals surface area contributed by atoms with Crippen molar-refractivity contribution in [1.29, 1.82) is 0 Å². The van der Waals surface area contributed by atoms with Gasteiger partial charge in [0.1, 0.15) is 10.8 Å². The van der Waals surface area contributed by atoms with Crippen LogP contribution in [-0.4, -0.2) is 31.9 Å². The summed E-state index contributed by atoms with van der Waals surface area (Å²) in [4.78, 5) is 23.4. The molecule has 0 fully saturated rings. The Kier molecular flexibility index (Phi) is 4.59. The first-order valence-corrected chi connectivity index (χ1v) is 11.0. The number of amides is 1. The maximum absolute atomic E-state index is 13.2. The second-order valence-corrected chi connectivity index (χ2v) is 9.86. The van der Waals surface area contributed by atoms with Crippen molar-refractivity contribution in [2.24, 2.45) is 5.41 Å². The summed E-state index contributed by atoms with van der Waals surface area (Å²) in [6.07, 6.45) is 2.10. The fourth-order valence-electron chi connectivity index (χ4n) is 4.93. The molecule has 5 rings (SSSR count). The predicted molar refractivity (Wildman–Crippen MR) is 122 cm³/mol. The number of hydrogen-bond donors (Lipinski definition) is 1. The molecule has 0 radical (unpaired) electrons. The Labute approximate surface area is 187 Å². The molecule has 7 heteroatoms. The number of benzene rings is 1. The third-order valence-electron chi connectivity index (χ3n) is 6.42. The van der Waals surface area contributed by atoms with Crippen LogP contribution in [0.4, 0.5) is 5.95 Å². The summed E-state index contributed by atoms with van der Waals surface area (Å²) < 4.78 is 2.25. The van der Waals surface area contributed by atoms with Crippen LogP contribution in [0.1, 0.15) is 46.7 Å². The van der Waals surface area contributed by atoms with Gasteiger partial charge in [0.05, 0.1) is 5.69 Å². The minimum absolute atomic E-state index is 0.122. The lowest BCUT2D eigenvalue weighted by Crippen LogP contribution is -2.40. The first-order valence-electron chi connectivity index (χ1n) is 10.6. The Morgan fingerprint density at radius 2 is 1.94 bits per heavy atom. The number of carbonyl (C=O) groups excluding carboxylic acids is 1. The third kappa shape index (κ3) is 3.59. The summed E-state index contributed by atoms with van der Waals surface area (Å²) in [6, 6.07) is 9.93. The van der Waals surface area contributed by atoms with Gasteiger partial charge in [-0.25, -0.2) is 9.97 Å². The van der Waals surface area contributed by atoms with Crippen molar-refractivity contribution in [3.63, 3.8) is 0 Å². The molecule has 160 valence electrons. The van der Waals surface area contributed by atoms with Gasteiger partial charge in [0, 0.05) is 37.0 Å². The van der Waals surface area contributed by atoms with E-state index in [1.54, 1.807) is 6.07 Å². The minimum atomic E-state index is 0.122. The van der Waals surface area contributed by atoms with Crippen molar-refractivity contribution in [3.05, 3.63) is 63.6 Å². The molecular weight excluding hydrogens is 410 g/mol. The lowest BCUT2D eigenvalue weighted by molar-refractivity contribution is 0.0688. The summed E-state index contributed by atoms with van der Waals surface area (Å²) in [6.45, 7) is 8.84. The van der Waals surface area contributed by atoms with E-state index in [4.69, 9.17) is 17.3 Å². The van der Waals surface area contributed by atoms with Gasteiger partial charge < -0.3 is 15.2 Å². The van der Waals surface area contributed by atoms with Crippen LogP contribution in [0.25, 0.3) is 11.3 Å². The Balaban J connectivity index is 1.37. The SMILES string of the molecule is Cc1cc(-c2cc(Cl)nc(N)n2)ccc1CN1CCn2c(cc3c2CC(C)(C)C3)C1=O. The summed E-state index contributed by atoms with van der Waals surface area (Å²) in [5.74, 6) is 0.277. The van der Waals surface area contributed by atoms with E-state index in [9.17, 15) is 4.79 Å². The number of rotatable bonds is 3. The standard InChI is InChI=1S/C24H26ClN5O/c1-14-8-15(18-10-21(25)28-23(26)27-18)4-5-16(14)13-29-6-7-30-19(22(29)31)9-17-11-24(2,3)12-20(17)30/h4-5,8-10H,6-7,11-13H2,1-3H3,(H2,26,27,28). The fraction of sp³-hybridized carbons (Fsp3) is 0.375. The van der Waals surface area contributed by atoms with E-state index in [-0.39, 0.29) is 11.9 Å². The molecule has 0 saturated carbocycles. The maximum atomic E-state index is 13.2. The Morgan fingerprint density at radius 3 is 2.68 bits per heavy atom. The molecule has 3 heterocycles. The van der Waals surface area contributed by atoms with Crippen LogP contribution >= 0.6 is 11.6 Å². The molecule has 1 aromatic carbocycles. The van der Waals surface area contributed by atoms with Crippen molar-refractivity contribution in [3.8, 4) is 11.3 Å². The van der Waals surface area contributed by atoms with Gasteiger partial charge in [-0.15, -0.1) is 0 Å². The molecule has 2 N–H and O–H groups in total. The lowest BCUT2D eigenvalue weighted by Gasteiger charge is -2.30. The number of fused-ring (bicyclic) bond motifs is 3. The number of carbonyl (C=O) groups is 1. The van der Waals surface area contributed by atoms with Gasteiger partial charge in [-0.05, 0) is 54.0 Å². The number of hydrogen-bond acceptors (Lipinski definition) is 4. The molecule has 0 bridgehead atoms. The lowest BCUT2D eigenvalue weighted by atomic mass is 9.90. The number of nitrogens with two attached hydrogens (primary N) is 1. The zero-order valence-corrected chi connectivity index (χ0v) is 18.8. The van der Waals surface area contributed by atoms with Crippen molar-refractivity contribution in [2.45, 2.75) is 46.7 Å². The normalized spacial score (nSPS) is 17.0. The van der Waals surface area contributed by atoms with Crippen molar-refractivity contribution >= 4 is 23.5 Å². The van der Waals surface area contributed by atoms with Gasteiger partial charge in [-0.2, -0.15) is 0 Å². The molecule has 1 aliphatic carbocycles. The van der Waals surface area contributed by atoms with Crippen LogP contribution in [0, 0.1) is 12.3 Å². The zero-order valence-electron chi connectivity index (χ0n) is 18.1. The first-order chi connectivity index (χ1) is 14.7. The highest BCUT2D eigenvalue weighted by atomic mass is 35.5. The predicted octanol–water partition coefficient (Wildman–Crippen LogP) is 4.27. The van der Waals surface area contributed by atoms with Gasteiger partial charge in [-0.1, -0.05) is 37.6 Å². The van der Waals surface area contributed by atoms with Crippen molar-refractivity contribution in [1.82, 2.24) is 19.4 Å². The zero-order chi connectivity index (χ0) is 21.9. The largest absolute Gasteiger partial charge is 0.368 e. The van der Waals surface area contributed by atoms with E-state index < -0.39 is 0 Å².